The molecule has 2 aromatic heterocycles. The van der Waals surface area contributed by atoms with Gasteiger partial charge < -0.3 is 4.90 Å². The van der Waals surface area contributed by atoms with Crippen molar-refractivity contribution in [3.63, 3.8) is 0 Å². The molecule has 1 aromatic carbocycles. The molecule has 1 atom stereocenters. The topological polar surface area (TPSA) is 73.0 Å². The van der Waals surface area contributed by atoms with Gasteiger partial charge in [-0.1, -0.05) is 48.7 Å². The van der Waals surface area contributed by atoms with Crippen molar-refractivity contribution in [2.45, 2.75) is 69.6 Å². The van der Waals surface area contributed by atoms with Crippen LogP contribution in [0.3, 0.4) is 0 Å². The van der Waals surface area contributed by atoms with E-state index in [0.717, 1.165) is 24.1 Å². The first-order valence-electron chi connectivity index (χ1n) is 11.4. The number of rotatable bonds is 4. The summed E-state index contributed by atoms with van der Waals surface area (Å²) in [5, 5.41) is 5.66. The molecular formula is C24H29N5O2S. The van der Waals surface area contributed by atoms with Gasteiger partial charge in [-0.05, 0) is 38.3 Å². The maximum absolute atomic E-state index is 13.4. The van der Waals surface area contributed by atoms with Gasteiger partial charge >= 0.3 is 0 Å². The summed E-state index contributed by atoms with van der Waals surface area (Å²) in [4.78, 5) is 33.1. The largest absolute Gasteiger partial charge is 0.343 e. The van der Waals surface area contributed by atoms with Crippen molar-refractivity contribution in [1.82, 2.24) is 24.2 Å². The van der Waals surface area contributed by atoms with Gasteiger partial charge in [0.15, 0.2) is 10.8 Å². The Morgan fingerprint density at radius 2 is 2.00 bits per heavy atom. The van der Waals surface area contributed by atoms with Crippen LogP contribution in [0.25, 0.3) is 16.7 Å². The molecular weight excluding hydrogens is 422 g/mol. The SMILES string of the molecule is Cc1ccc(-n2ncc3c(=O)n4c(nc32)SCC4CC(=O)N(C)C2CCCCC2)c(C)c1. The van der Waals surface area contributed by atoms with Crippen LogP contribution in [-0.2, 0) is 4.79 Å². The normalized spacial score (nSPS) is 18.8. The van der Waals surface area contributed by atoms with Crippen molar-refractivity contribution in [3.05, 3.63) is 45.9 Å². The van der Waals surface area contributed by atoms with Gasteiger partial charge in [-0.15, -0.1) is 0 Å². The lowest BCUT2D eigenvalue weighted by atomic mass is 9.94. The van der Waals surface area contributed by atoms with Crippen LogP contribution in [0.4, 0.5) is 0 Å². The number of benzene rings is 1. The zero-order valence-corrected chi connectivity index (χ0v) is 19.7. The van der Waals surface area contributed by atoms with Crippen LogP contribution in [0.2, 0.25) is 0 Å². The molecule has 1 aliphatic heterocycles. The Balaban J connectivity index is 1.45. The van der Waals surface area contributed by atoms with E-state index in [1.54, 1.807) is 27.2 Å². The minimum Gasteiger partial charge on any atom is -0.343 e. The van der Waals surface area contributed by atoms with Gasteiger partial charge in [0.05, 0.1) is 17.9 Å². The Morgan fingerprint density at radius 1 is 1.22 bits per heavy atom. The standard InChI is InChI=1S/C24H29N5O2S/c1-15-9-10-20(16(2)11-15)29-22-19(13-25-29)23(31)28-18(14-32-24(28)26-22)12-21(30)27(3)17-7-5-4-6-8-17/h9-11,13,17-18H,4-8,12,14H2,1-3H3. The van der Waals surface area contributed by atoms with E-state index in [1.165, 1.54) is 24.8 Å². The number of aryl methyl sites for hydroxylation is 2. The van der Waals surface area contributed by atoms with Crippen molar-refractivity contribution in [1.29, 1.82) is 0 Å². The van der Waals surface area contributed by atoms with Gasteiger partial charge in [-0.2, -0.15) is 5.10 Å². The predicted molar refractivity (Wildman–Crippen MR) is 127 cm³/mol. The number of hydrogen-bond donors (Lipinski definition) is 0. The van der Waals surface area contributed by atoms with Gasteiger partial charge in [0.1, 0.15) is 5.39 Å². The van der Waals surface area contributed by atoms with E-state index in [2.05, 4.69) is 18.1 Å². The van der Waals surface area contributed by atoms with Crippen LogP contribution in [0, 0.1) is 13.8 Å². The van der Waals surface area contributed by atoms with Crippen LogP contribution in [0.5, 0.6) is 0 Å². The van der Waals surface area contributed by atoms with E-state index < -0.39 is 0 Å². The average Bonchev–Trinajstić information content (AvgIpc) is 3.39. The number of carbonyl (C=O) groups excluding carboxylic acids is 1. The minimum atomic E-state index is -0.164. The first kappa shape index (κ1) is 21.2. The smallest absolute Gasteiger partial charge is 0.265 e. The van der Waals surface area contributed by atoms with Gasteiger partial charge in [0.25, 0.3) is 5.56 Å². The molecule has 5 rings (SSSR count). The average molecular weight is 452 g/mol. The Bertz CT molecular complexity index is 1240. The molecule has 1 fully saturated rings. The Morgan fingerprint density at radius 3 is 2.75 bits per heavy atom. The summed E-state index contributed by atoms with van der Waals surface area (Å²) < 4.78 is 3.47. The van der Waals surface area contributed by atoms with E-state index in [0.29, 0.717) is 34.4 Å². The maximum atomic E-state index is 13.4. The minimum absolute atomic E-state index is 0.107. The third-order valence-corrected chi connectivity index (χ3v) is 7.97. The second-order valence-electron chi connectivity index (χ2n) is 9.12. The fraction of sp³-hybridized carbons (Fsp3) is 0.500. The predicted octanol–water partition coefficient (Wildman–Crippen LogP) is 4.03. The van der Waals surface area contributed by atoms with Gasteiger partial charge in [-0.3, -0.25) is 14.2 Å². The summed E-state index contributed by atoms with van der Waals surface area (Å²) in [7, 11) is 1.92. The van der Waals surface area contributed by atoms with Crippen molar-refractivity contribution in [2.24, 2.45) is 0 Å². The monoisotopic (exact) mass is 451 g/mol. The van der Waals surface area contributed by atoms with E-state index >= 15 is 0 Å². The summed E-state index contributed by atoms with van der Waals surface area (Å²) in [5.41, 5.74) is 3.65. The Labute approximate surface area is 191 Å². The third-order valence-electron chi connectivity index (χ3n) is 6.88. The molecule has 1 amide bonds. The van der Waals surface area contributed by atoms with E-state index in [-0.39, 0.29) is 17.5 Å². The molecule has 32 heavy (non-hydrogen) atoms. The van der Waals surface area contributed by atoms with E-state index in [9.17, 15) is 9.59 Å². The first-order chi connectivity index (χ1) is 15.4. The molecule has 0 radical (unpaired) electrons. The third kappa shape index (κ3) is 3.64. The van der Waals surface area contributed by atoms with Crippen molar-refractivity contribution < 1.29 is 4.79 Å². The fourth-order valence-corrected chi connectivity index (χ4v) is 6.15. The zero-order valence-electron chi connectivity index (χ0n) is 18.9. The molecule has 3 aromatic rings. The molecule has 168 valence electrons. The highest BCUT2D eigenvalue weighted by molar-refractivity contribution is 7.99. The number of hydrogen-bond acceptors (Lipinski definition) is 5. The lowest BCUT2D eigenvalue weighted by Gasteiger charge is -2.32. The van der Waals surface area contributed by atoms with Crippen LogP contribution in [-0.4, -0.2) is 49.0 Å². The summed E-state index contributed by atoms with van der Waals surface area (Å²) in [6.45, 7) is 4.09. The number of carbonyl (C=O) groups is 1. The summed E-state index contributed by atoms with van der Waals surface area (Å²) in [6.07, 6.45) is 7.75. The molecule has 0 spiro atoms. The number of amides is 1. The van der Waals surface area contributed by atoms with Gasteiger partial charge in [0, 0.05) is 25.3 Å². The number of aromatic nitrogens is 4. The van der Waals surface area contributed by atoms with Crippen LogP contribution < -0.4 is 5.56 Å². The molecule has 1 saturated carbocycles. The number of nitrogens with zero attached hydrogens (tertiary/aromatic N) is 5. The highest BCUT2D eigenvalue weighted by Gasteiger charge is 2.32. The van der Waals surface area contributed by atoms with E-state index in [1.807, 2.05) is 31.0 Å². The molecule has 7 nitrogen and oxygen atoms in total. The molecule has 8 heteroatoms. The van der Waals surface area contributed by atoms with Gasteiger partial charge in [0.2, 0.25) is 5.91 Å². The molecule has 0 N–H and O–H groups in total. The summed E-state index contributed by atoms with van der Waals surface area (Å²) in [5.74, 6) is 0.809. The first-order valence-corrected chi connectivity index (χ1v) is 12.4. The number of thioether (sulfide) groups is 1. The fourth-order valence-electron chi connectivity index (χ4n) is 5.02. The van der Waals surface area contributed by atoms with Crippen LogP contribution >= 0.6 is 11.8 Å². The Kier molecular flexibility index (Phi) is 5.57. The van der Waals surface area contributed by atoms with E-state index in [4.69, 9.17) is 4.98 Å². The lowest BCUT2D eigenvalue weighted by molar-refractivity contribution is -0.133. The van der Waals surface area contributed by atoms with Crippen molar-refractivity contribution >= 4 is 28.7 Å². The van der Waals surface area contributed by atoms with Crippen molar-refractivity contribution in [2.75, 3.05) is 12.8 Å². The van der Waals surface area contributed by atoms with Crippen molar-refractivity contribution in [3.8, 4) is 5.69 Å². The molecule has 0 saturated heterocycles. The molecule has 0 bridgehead atoms. The molecule has 2 aliphatic rings. The molecule has 1 aliphatic carbocycles. The molecule has 1 unspecified atom stereocenters. The highest BCUT2D eigenvalue weighted by atomic mass is 32.2. The maximum Gasteiger partial charge on any atom is 0.265 e. The quantitative estimate of drug-likeness (QED) is 0.560. The highest BCUT2D eigenvalue weighted by Crippen LogP contribution is 2.34. The lowest BCUT2D eigenvalue weighted by Crippen LogP contribution is -2.39. The summed E-state index contributed by atoms with van der Waals surface area (Å²) in [6, 6.07) is 6.32. The van der Waals surface area contributed by atoms with Crippen LogP contribution in [0.1, 0.15) is 55.7 Å². The van der Waals surface area contributed by atoms with Crippen LogP contribution in [0.15, 0.2) is 34.3 Å². The summed E-state index contributed by atoms with van der Waals surface area (Å²) >= 11 is 1.55. The van der Waals surface area contributed by atoms with Gasteiger partial charge in [-0.25, -0.2) is 9.67 Å². The molecule has 3 heterocycles. The zero-order chi connectivity index (χ0) is 22.4. The number of fused-ring (bicyclic) bond motifs is 2. The second-order valence-corrected chi connectivity index (χ2v) is 10.1. The Hall–Kier alpha value is -2.61. The second kappa shape index (κ2) is 8.39.